The maximum Gasteiger partial charge on any atom is 0.311 e. The van der Waals surface area contributed by atoms with E-state index < -0.39 is 30.3 Å². The van der Waals surface area contributed by atoms with Gasteiger partial charge in [0.15, 0.2) is 6.61 Å². The number of nitrogens with two attached hydrogens (primary N) is 1. The van der Waals surface area contributed by atoms with Crippen LogP contribution in [-0.4, -0.2) is 48.3 Å². The van der Waals surface area contributed by atoms with Gasteiger partial charge < -0.3 is 20.7 Å². The number of carbonyl (C=O) groups is 4. The van der Waals surface area contributed by atoms with Gasteiger partial charge in [-0.2, -0.15) is 0 Å². The van der Waals surface area contributed by atoms with Gasteiger partial charge in [-0.1, -0.05) is 42.5 Å². The highest BCUT2D eigenvalue weighted by Gasteiger charge is 2.35. The van der Waals surface area contributed by atoms with E-state index >= 15 is 0 Å². The Hall–Kier alpha value is -3.68. The number of nitrogens with zero attached hydrogens (tertiary/aromatic N) is 1. The monoisotopic (exact) mass is 409 g/mol. The van der Waals surface area contributed by atoms with Crippen LogP contribution in [0.15, 0.2) is 54.6 Å². The Labute approximate surface area is 174 Å². The summed E-state index contributed by atoms with van der Waals surface area (Å²) in [5.74, 6) is -2.57. The molecule has 1 aliphatic rings. The lowest BCUT2D eigenvalue weighted by molar-refractivity contribution is -0.151. The van der Waals surface area contributed by atoms with Crippen molar-refractivity contribution in [3.63, 3.8) is 0 Å². The van der Waals surface area contributed by atoms with Crippen molar-refractivity contribution in [2.45, 2.75) is 12.8 Å². The summed E-state index contributed by atoms with van der Waals surface area (Å²) in [5, 5.41) is 2.50. The molecule has 3 N–H and O–H groups in total. The van der Waals surface area contributed by atoms with Crippen molar-refractivity contribution in [2.75, 3.05) is 25.0 Å². The van der Waals surface area contributed by atoms with Crippen LogP contribution in [0, 0.1) is 5.92 Å². The molecule has 0 saturated carbocycles. The summed E-state index contributed by atoms with van der Waals surface area (Å²) in [6.45, 7) is 0.286. The molecule has 1 heterocycles. The third-order valence-electron chi connectivity index (χ3n) is 4.87. The van der Waals surface area contributed by atoms with Gasteiger partial charge in [-0.15, -0.1) is 0 Å². The van der Waals surface area contributed by atoms with Gasteiger partial charge in [0.05, 0.1) is 17.2 Å². The van der Waals surface area contributed by atoms with E-state index in [1.54, 1.807) is 17.0 Å². The molecular formula is C22H23N3O5. The van der Waals surface area contributed by atoms with Crippen LogP contribution in [-0.2, 0) is 25.5 Å². The van der Waals surface area contributed by atoms with Gasteiger partial charge in [0.25, 0.3) is 11.8 Å². The highest BCUT2D eigenvalue weighted by atomic mass is 16.5. The number of para-hydroxylation sites is 1. The second kappa shape index (κ2) is 9.69. The van der Waals surface area contributed by atoms with Gasteiger partial charge in [0, 0.05) is 19.5 Å². The average molecular weight is 409 g/mol. The van der Waals surface area contributed by atoms with Crippen molar-refractivity contribution in [1.82, 2.24) is 4.90 Å². The zero-order valence-electron chi connectivity index (χ0n) is 16.4. The number of carbonyl (C=O) groups excluding carboxylic acids is 4. The minimum Gasteiger partial charge on any atom is -0.455 e. The van der Waals surface area contributed by atoms with Gasteiger partial charge in [-0.05, 0) is 24.1 Å². The molecule has 0 unspecified atom stereocenters. The molecule has 0 aromatic heterocycles. The first kappa shape index (κ1) is 21.0. The maximum atomic E-state index is 12.3. The fourth-order valence-electron chi connectivity index (χ4n) is 3.30. The molecule has 2 aromatic rings. The van der Waals surface area contributed by atoms with Gasteiger partial charge in [-0.25, -0.2) is 0 Å². The predicted molar refractivity (Wildman–Crippen MR) is 109 cm³/mol. The summed E-state index contributed by atoms with van der Waals surface area (Å²) >= 11 is 0. The molecule has 3 amide bonds. The van der Waals surface area contributed by atoms with Crippen LogP contribution in [0.5, 0.6) is 0 Å². The highest BCUT2D eigenvalue weighted by molar-refractivity contribution is 6.03. The molecule has 3 rings (SSSR count). The Bertz CT molecular complexity index is 945. The lowest BCUT2D eigenvalue weighted by Gasteiger charge is -2.16. The summed E-state index contributed by atoms with van der Waals surface area (Å²) in [6.07, 6.45) is 0.774. The molecule has 156 valence electrons. The van der Waals surface area contributed by atoms with E-state index in [2.05, 4.69) is 5.32 Å². The fourth-order valence-corrected chi connectivity index (χ4v) is 3.30. The molecule has 0 spiro atoms. The number of hydrogen-bond donors (Lipinski definition) is 2. The first-order chi connectivity index (χ1) is 14.4. The predicted octanol–water partition coefficient (Wildman–Crippen LogP) is 1.36. The van der Waals surface area contributed by atoms with Crippen molar-refractivity contribution in [1.29, 1.82) is 0 Å². The lowest BCUT2D eigenvalue weighted by atomic mass is 10.1. The smallest absolute Gasteiger partial charge is 0.311 e. The normalized spacial score (nSPS) is 15.7. The van der Waals surface area contributed by atoms with E-state index in [1.165, 1.54) is 12.1 Å². The van der Waals surface area contributed by atoms with E-state index in [9.17, 15) is 19.2 Å². The number of ether oxygens (including phenoxy) is 1. The number of amides is 3. The Morgan fingerprint density at radius 2 is 1.77 bits per heavy atom. The summed E-state index contributed by atoms with van der Waals surface area (Å²) in [4.78, 5) is 49.6. The van der Waals surface area contributed by atoms with E-state index in [4.69, 9.17) is 10.5 Å². The topological polar surface area (TPSA) is 119 Å². The SMILES string of the molecule is NC(=O)c1ccccc1NC(=O)COC(=O)[C@H]1CC(=O)N(CCc2ccccc2)C1. The van der Waals surface area contributed by atoms with Crippen LogP contribution >= 0.6 is 0 Å². The summed E-state index contributed by atoms with van der Waals surface area (Å²) in [5.41, 5.74) is 6.79. The van der Waals surface area contributed by atoms with Gasteiger partial charge in [0.1, 0.15) is 0 Å². The van der Waals surface area contributed by atoms with Crippen LogP contribution in [0.2, 0.25) is 0 Å². The second-order valence-corrected chi connectivity index (χ2v) is 7.04. The molecule has 0 aliphatic carbocycles. The van der Waals surface area contributed by atoms with Gasteiger partial charge in [-0.3, -0.25) is 19.2 Å². The van der Waals surface area contributed by atoms with E-state index in [0.717, 1.165) is 5.56 Å². The zero-order chi connectivity index (χ0) is 21.5. The molecule has 2 aromatic carbocycles. The molecule has 1 saturated heterocycles. The third-order valence-corrected chi connectivity index (χ3v) is 4.87. The van der Waals surface area contributed by atoms with Crippen LogP contribution in [0.1, 0.15) is 22.3 Å². The number of anilines is 1. The molecule has 1 fully saturated rings. The Balaban J connectivity index is 1.46. The minimum atomic E-state index is -0.678. The van der Waals surface area contributed by atoms with Crippen LogP contribution in [0.3, 0.4) is 0 Å². The second-order valence-electron chi connectivity index (χ2n) is 7.04. The molecular weight excluding hydrogens is 386 g/mol. The van der Waals surface area contributed by atoms with Crippen molar-refractivity contribution >= 4 is 29.4 Å². The van der Waals surface area contributed by atoms with Gasteiger partial charge >= 0.3 is 5.97 Å². The fraction of sp³-hybridized carbons (Fsp3) is 0.273. The molecule has 0 radical (unpaired) electrons. The van der Waals surface area contributed by atoms with E-state index in [-0.39, 0.29) is 30.1 Å². The van der Waals surface area contributed by atoms with Crippen LogP contribution in [0.4, 0.5) is 5.69 Å². The van der Waals surface area contributed by atoms with E-state index in [1.807, 2.05) is 30.3 Å². The largest absolute Gasteiger partial charge is 0.455 e. The van der Waals surface area contributed by atoms with Crippen molar-refractivity contribution < 1.29 is 23.9 Å². The number of hydrogen-bond acceptors (Lipinski definition) is 5. The standard InChI is InChI=1S/C22H23N3O5/c23-21(28)17-8-4-5-9-18(17)24-19(26)14-30-22(29)16-12-20(27)25(13-16)11-10-15-6-2-1-3-7-15/h1-9,16H,10-14H2,(H2,23,28)(H,24,26)/t16-/m0/s1. The summed E-state index contributed by atoms with van der Waals surface area (Å²) < 4.78 is 5.07. The molecule has 8 heteroatoms. The highest BCUT2D eigenvalue weighted by Crippen LogP contribution is 2.20. The molecule has 30 heavy (non-hydrogen) atoms. The molecule has 1 aliphatic heterocycles. The quantitative estimate of drug-likeness (QED) is 0.638. The lowest BCUT2D eigenvalue weighted by Crippen LogP contribution is -2.30. The van der Waals surface area contributed by atoms with Gasteiger partial charge in [0.2, 0.25) is 5.91 Å². The zero-order valence-corrected chi connectivity index (χ0v) is 16.4. The molecule has 0 bridgehead atoms. The van der Waals surface area contributed by atoms with Crippen LogP contribution in [0.25, 0.3) is 0 Å². The minimum absolute atomic E-state index is 0.0692. The average Bonchev–Trinajstić information content (AvgIpc) is 3.12. The third kappa shape index (κ3) is 5.44. The van der Waals surface area contributed by atoms with Crippen molar-refractivity contribution in [2.24, 2.45) is 11.7 Å². The summed E-state index contributed by atoms with van der Waals surface area (Å²) in [6, 6.07) is 16.1. The molecule has 8 nitrogen and oxygen atoms in total. The van der Waals surface area contributed by atoms with Crippen LogP contribution < -0.4 is 11.1 Å². The number of primary amides is 1. The van der Waals surface area contributed by atoms with Crippen molar-refractivity contribution in [3.05, 3.63) is 65.7 Å². The number of rotatable bonds is 8. The Morgan fingerprint density at radius 1 is 1.07 bits per heavy atom. The first-order valence-electron chi connectivity index (χ1n) is 9.61. The number of likely N-dealkylation sites (tertiary alicyclic amines) is 1. The van der Waals surface area contributed by atoms with E-state index in [0.29, 0.717) is 13.0 Å². The number of nitrogens with one attached hydrogen (secondary N) is 1. The first-order valence-corrected chi connectivity index (χ1v) is 9.61. The Kier molecular flexibility index (Phi) is 6.79. The maximum absolute atomic E-state index is 12.3. The Morgan fingerprint density at radius 3 is 2.50 bits per heavy atom. The number of esters is 1. The number of benzene rings is 2. The summed E-state index contributed by atoms with van der Waals surface area (Å²) in [7, 11) is 0. The molecule has 1 atom stereocenters. The van der Waals surface area contributed by atoms with Crippen molar-refractivity contribution in [3.8, 4) is 0 Å².